The molecule has 1 atom stereocenters. The number of aliphatic hydroxyl groups is 3. The second-order valence-electron chi connectivity index (χ2n) is 6.93. The van der Waals surface area contributed by atoms with Crippen molar-refractivity contribution in [1.82, 2.24) is 0 Å². The normalized spacial score (nSPS) is 12.6. The number of rotatable bonds is 19. The third-order valence-electron chi connectivity index (χ3n) is 4.34. The van der Waals surface area contributed by atoms with Gasteiger partial charge in [-0.1, -0.05) is 57.1 Å². The van der Waals surface area contributed by atoms with Gasteiger partial charge in [-0.25, -0.2) is 0 Å². The summed E-state index contributed by atoms with van der Waals surface area (Å²) in [6, 6.07) is 0. The van der Waals surface area contributed by atoms with Crippen LogP contribution in [0.4, 0.5) is 0 Å². The Bertz CT molecular complexity index is 330. The Morgan fingerprint density at radius 1 is 0.769 bits per heavy atom. The van der Waals surface area contributed by atoms with Gasteiger partial charge in [0.05, 0.1) is 6.61 Å². The first-order valence-corrected chi connectivity index (χ1v) is 10.4. The summed E-state index contributed by atoms with van der Waals surface area (Å²) < 4.78 is 4.85. The molecule has 0 aromatic carbocycles. The van der Waals surface area contributed by atoms with Crippen molar-refractivity contribution in [3.8, 4) is 0 Å². The molecule has 0 aliphatic heterocycles. The largest absolute Gasteiger partial charge is 0.463 e. The van der Waals surface area contributed by atoms with Gasteiger partial charge in [0.2, 0.25) is 0 Å². The van der Waals surface area contributed by atoms with Gasteiger partial charge in [-0.2, -0.15) is 0 Å². The summed E-state index contributed by atoms with van der Waals surface area (Å²) in [5.41, 5.74) is 0. The highest BCUT2D eigenvalue weighted by Crippen LogP contribution is 2.10. The van der Waals surface area contributed by atoms with E-state index >= 15 is 0 Å². The molecule has 0 aromatic heterocycles. The second kappa shape index (κ2) is 20.4. The van der Waals surface area contributed by atoms with Crippen LogP contribution in [-0.4, -0.2) is 47.2 Å². The van der Waals surface area contributed by atoms with Gasteiger partial charge in [-0.3, -0.25) is 4.79 Å². The van der Waals surface area contributed by atoms with Gasteiger partial charge >= 0.3 is 5.97 Å². The maximum atomic E-state index is 11.4. The third kappa shape index (κ3) is 19.4. The summed E-state index contributed by atoms with van der Waals surface area (Å²) in [7, 11) is 0. The number of allylic oxidation sites excluding steroid dienone is 2. The maximum Gasteiger partial charge on any atom is 0.305 e. The van der Waals surface area contributed by atoms with Crippen molar-refractivity contribution < 1.29 is 24.9 Å². The lowest BCUT2D eigenvalue weighted by atomic mass is 10.1. The minimum Gasteiger partial charge on any atom is -0.463 e. The van der Waals surface area contributed by atoms with E-state index in [0.29, 0.717) is 13.0 Å². The average Bonchev–Trinajstić information content (AvgIpc) is 2.65. The minimum absolute atomic E-state index is 0.120. The van der Waals surface area contributed by atoms with Crippen molar-refractivity contribution >= 4 is 5.97 Å². The molecule has 0 bridgehead atoms. The van der Waals surface area contributed by atoms with Crippen LogP contribution in [0.25, 0.3) is 0 Å². The van der Waals surface area contributed by atoms with Crippen molar-refractivity contribution in [2.45, 2.75) is 96.0 Å². The molecule has 5 heteroatoms. The van der Waals surface area contributed by atoms with Crippen molar-refractivity contribution in [3.05, 3.63) is 12.2 Å². The first kappa shape index (κ1) is 25.1. The molecule has 0 radical (unpaired) electrons. The van der Waals surface area contributed by atoms with Crippen LogP contribution in [0.15, 0.2) is 12.2 Å². The van der Waals surface area contributed by atoms with Crippen LogP contribution < -0.4 is 0 Å². The Kier molecular flexibility index (Phi) is 19.7. The lowest BCUT2D eigenvalue weighted by Gasteiger charge is -2.08. The highest BCUT2D eigenvalue weighted by atomic mass is 16.5. The fraction of sp³-hybridized carbons (Fsp3) is 0.857. The van der Waals surface area contributed by atoms with Crippen molar-refractivity contribution in [2.24, 2.45) is 0 Å². The Hall–Kier alpha value is -0.910. The highest BCUT2D eigenvalue weighted by molar-refractivity contribution is 5.69. The molecule has 26 heavy (non-hydrogen) atoms. The zero-order valence-electron chi connectivity index (χ0n) is 16.4. The number of aliphatic hydroxyl groups excluding tert-OH is 3. The molecule has 0 spiro atoms. The fourth-order valence-corrected chi connectivity index (χ4v) is 2.69. The standard InChI is InChI=1S/C21H40O5/c22-17-15-13-11-9-7-5-3-1-2-4-6-8-10-12-14-16-21(25)26-19-20(24)18-23/h1-2,20,22-24H,3-19H2/b2-1+. The van der Waals surface area contributed by atoms with E-state index in [1.807, 2.05) is 0 Å². The molecule has 0 aliphatic carbocycles. The molecule has 0 saturated heterocycles. The molecular weight excluding hydrogens is 332 g/mol. The van der Waals surface area contributed by atoms with Crippen LogP contribution in [0.3, 0.4) is 0 Å². The van der Waals surface area contributed by atoms with Crippen LogP contribution in [0, 0.1) is 0 Å². The van der Waals surface area contributed by atoms with Gasteiger partial charge in [-0.05, 0) is 38.5 Å². The summed E-state index contributed by atoms with van der Waals surface area (Å²) in [5.74, 6) is -0.297. The second-order valence-corrected chi connectivity index (χ2v) is 6.93. The summed E-state index contributed by atoms with van der Waals surface area (Å²) >= 11 is 0. The van der Waals surface area contributed by atoms with Crippen LogP contribution in [-0.2, 0) is 9.53 Å². The zero-order valence-corrected chi connectivity index (χ0v) is 16.4. The predicted molar refractivity (Wildman–Crippen MR) is 105 cm³/mol. The molecule has 0 rings (SSSR count). The van der Waals surface area contributed by atoms with Gasteiger partial charge in [0.25, 0.3) is 0 Å². The van der Waals surface area contributed by atoms with Gasteiger partial charge in [0, 0.05) is 13.0 Å². The topological polar surface area (TPSA) is 87.0 Å². The summed E-state index contributed by atoms with van der Waals surface area (Å²) in [5, 5.41) is 26.4. The van der Waals surface area contributed by atoms with Crippen LogP contribution in [0.1, 0.15) is 89.9 Å². The van der Waals surface area contributed by atoms with Crippen LogP contribution in [0.5, 0.6) is 0 Å². The fourth-order valence-electron chi connectivity index (χ4n) is 2.69. The number of hydrogen-bond acceptors (Lipinski definition) is 5. The molecule has 154 valence electrons. The Labute approximate surface area is 159 Å². The summed E-state index contributed by atoms with van der Waals surface area (Å²) in [6.07, 6.45) is 18.9. The lowest BCUT2D eigenvalue weighted by molar-refractivity contribution is -0.147. The molecule has 0 heterocycles. The van der Waals surface area contributed by atoms with Crippen molar-refractivity contribution in [1.29, 1.82) is 0 Å². The first-order valence-electron chi connectivity index (χ1n) is 10.4. The van der Waals surface area contributed by atoms with E-state index in [4.69, 9.17) is 20.1 Å². The van der Waals surface area contributed by atoms with Gasteiger partial charge in [0.1, 0.15) is 12.7 Å². The quantitative estimate of drug-likeness (QED) is 0.182. The SMILES string of the molecule is O=C(CCCCCCC/C=C/CCCCCCCCO)OCC(O)CO. The molecule has 1 unspecified atom stereocenters. The van der Waals surface area contributed by atoms with Gasteiger partial charge in [0.15, 0.2) is 0 Å². The number of unbranched alkanes of at least 4 members (excludes halogenated alkanes) is 11. The smallest absolute Gasteiger partial charge is 0.305 e. The van der Waals surface area contributed by atoms with E-state index in [1.54, 1.807) is 0 Å². The van der Waals surface area contributed by atoms with Crippen LogP contribution in [0.2, 0.25) is 0 Å². The van der Waals surface area contributed by atoms with E-state index < -0.39 is 6.10 Å². The summed E-state index contributed by atoms with van der Waals surface area (Å²) in [6.45, 7) is -0.176. The van der Waals surface area contributed by atoms with Gasteiger partial charge < -0.3 is 20.1 Å². The van der Waals surface area contributed by atoms with E-state index in [0.717, 1.165) is 38.5 Å². The minimum atomic E-state index is -0.969. The first-order chi connectivity index (χ1) is 12.7. The Morgan fingerprint density at radius 2 is 1.27 bits per heavy atom. The number of carbonyl (C=O) groups is 1. The number of esters is 1. The van der Waals surface area contributed by atoms with Gasteiger partial charge in [-0.15, -0.1) is 0 Å². The lowest BCUT2D eigenvalue weighted by Crippen LogP contribution is -2.21. The molecule has 0 fully saturated rings. The zero-order chi connectivity index (χ0) is 19.3. The molecule has 0 aliphatic rings. The van der Waals surface area contributed by atoms with Crippen LogP contribution >= 0.6 is 0 Å². The van der Waals surface area contributed by atoms with E-state index in [1.165, 1.54) is 44.9 Å². The predicted octanol–water partition coefficient (Wildman–Crippen LogP) is 3.89. The van der Waals surface area contributed by atoms with E-state index in [-0.39, 0.29) is 19.2 Å². The number of ether oxygens (including phenoxy) is 1. The molecule has 5 nitrogen and oxygen atoms in total. The van der Waals surface area contributed by atoms with Crippen molar-refractivity contribution in [3.63, 3.8) is 0 Å². The highest BCUT2D eigenvalue weighted by Gasteiger charge is 2.07. The van der Waals surface area contributed by atoms with E-state index in [9.17, 15) is 4.79 Å². The maximum absolute atomic E-state index is 11.4. The van der Waals surface area contributed by atoms with E-state index in [2.05, 4.69) is 12.2 Å². The van der Waals surface area contributed by atoms with Crippen molar-refractivity contribution in [2.75, 3.05) is 19.8 Å². The Balaban J connectivity index is 3.22. The molecule has 0 amide bonds. The molecule has 0 aromatic rings. The monoisotopic (exact) mass is 372 g/mol. The molecule has 0 saturated carbocycles. The molecule has 3 N–H and O–H groups in total. The average molecular weight is 373 g/mol. The number of carbonyl (C=O) groups excluding carboxylic acids is 1. The summed E-state index contributed by atoms with van der Waals surface area (Å²) in [4.78, 5) is 11.4. The number of hydrogen-bond donors (Lipinski definition) is 3. The Morgan fingerprint density at radius 3 is 1.81 bits per heavy atom. The third-order valence-corrected chi connectivity index (χ3v) is 4.34. The molecular formula is C21H40O5.